The maximum Gasteiger partial charge on any atom is 0.109 e. The van der Waals surface area contributed by atoms with Crippen molar-refractivity contribution in [3.8, 4) is 0 Å². The molecular formula is C15H23N3S. The zero-order valence-electron chi connectivity index (χ0n) is 12.0. The normalized spacial score (nSPS) is 13.0. The first-order chi connectivity index (χ1) is 9.22. The third-order valence-electron chi connectivity index (χ3n) is 3.37. The second kappa shape index (κ2) is 6.96. The van der Waals surface area contributed by atoms with E-state index < -0.39 is 0 Å². The maximum atomic E-state index is 4.70. The van der Waals surface area contributed by atoms with E-state index in [1.165, 1.54) is 17.1 Å². The summed E-state index contributed by atoms with van der Waals surface area (Å²) in [6.07, 6.45) is 4.32. The summed E-state index contributed by atoms with van der Waals surface area (Å²) in [4.78, 5) is 4.70. The van der Waals surface area contributed by atoms with Crippen LogP contribution in [0.3, 0.4) is 0 Å². The van der Waals surface area contributed by atoms with Crippen molar-refractivity contribution < 1.29 is 0 Å². The second-order valence-corrected chi connectivity index (χ2v) is 5.90. The average molecular weight is 277 g/mol. The number of aromatic nitrogens is 2. The van der Waals surface area contributed by atoms with Crippen molar-refractivity contribution in [2.24, 2.45) is 7.05 Å². The molecule has 19 heavy (non-hydrogen) atoms. The number of benzene rings is 1. The molecule has 0 aliphatic heterocycles. The van der Waals surface area contributed by atoms with Crippen LogP contribution in [0.2, 0.25) is 0 Å². The predicted octanol–water partition coefficient (Wildman–Crippen LogP) is 2.85. The zero-order chi connectivity index (χ0) is 13.7. The Morgan fingerprint density at radius 1 is 1.37 bits per heavy atom. The molecule has 0 radical (unpaired) electrons. The van der Waals surface area contributed by atoms with Gasteiger partial charge in [0.15, 0.2) is 0 Å². The summed E-state index contributed by atoms with van der Waals surface area (Å²) in [7, 11) is 2.11. The lowest BCUT2D eigenvalue weighted by molar-refractivity contribution is 0.568. The molecule has 0 aliphatic rings. The Kier molecular flexibility index (Phi) is 5.28. The molecule has 0 saturated heterocycles. The molecule has 0 spiro atoms. The van der Waals surface area contributed by atoms with Crippen molar-refractivity contribution in [3.05, 3.63) is 30.1 Å². The average Bonchev–Trinajstić information content (AvgIpc) is 2.73. The van der Waals surface area contributed by atoms with Crippen LogP contribution in [0.4, 0.5) is 0 Å². The number of nitrogens with one attached hydrogen (secondary N) is 1. The molecule has 2 rings (SSSR count). The molecule has 0 unspecified atom stereocenters. The van der Waals surface area contributed by atoms with E-state index in [2.05, 4.69) is 48.3 Å². The Morgan fingerprint density at radius 2 is 2.16 bits per heavy atom. The van der Waals surface area contributed by atoms with Crippen molar-refractivity contribution in [2.75, 3.05) is 18.6 Å². The minimum atomic E-state index is 0.593. The zero-order valence-corrected chi connectivity index (χ0v) is 12.8. The van der Waals surface area contributed by atoms with Crippen LogP contribution in [0.1, 0.15) is 19.2 Å². The van der Waals surface area contributed by atoms with Gasteiger partial charge in [0, 0.05) is 25.3 Å². The smallest absolute Gasteiger partial charge is 0.109 e. The van der Waals surface area contributed by atoms with Crippen LogP contribution in [-0.2, 0) is 13.5 Å². The first-order valence-electron chi connectivity index (χ1n) is 6.85. The summed E-state index contributed by atoms with van der Waals surface area (Å²) in [5, 5.41) is 3.55. The summed E-state index contributed by atoms with van der Waals surface area (Å²) >= 11 is 1.89. The number of hydrogen-bond donors (Lipinski definition) is 1. The molecule has 104 valence electrons. The van der Waals surface area contributed by atoms with E-state index in [0.717, 1.165) is 24.9 Å². The fourth-order valence-electron chi connectivity index (χ4n) is 2.32. The van der Waals surface area contributed by atoms with Crippen LogP contribution in [0.25, 0.3) is 11.0 Å². The van der Waals surface area contributed by atoms with Gasteiger partial charge in [-0.25, -0.2) is 4.98 Å². The van der Waals surface area contributed by atoms with Gasteiger partial charge in [0.05, 0.1) is 11.0 Å². The van der Waals surface area contributed by atoms with Crippen LogP contribution >= 0.6 is 11.8 Å². The Labute approximate surface area is 119 Å². The highest BCUT2D eigenvalue weighted by Crippen LogP contribution is 2.15. The van der Waals surface area contributed by atoms with Crippen LogP contribution < -0.4 is 5.32 Å². The van der Waals surface area contributed by atoms with Crippen LogP contribution in [0.15, 0.2) is 24.3 Å². The van der Waals surface area contributed by atoms with E-state index in [-0.39, 0.29) is 0 Å². The lowest BCUT2D eigenvalue weighted by atomic mass is 10.2. The van der Waals surface area contributed by atoms with Crippen molar-refractivity contribution in [3.63, 3.8) is 0 Å². The first kappa shape index (κ1) is 14.4. The number of hydrogen-bond acceptors (Lipinski definition) is 3. The number of aryl methyl sites for hydroxylation is 2. The molecule has 1 aromatic heterocycles. The summed E-state index contributed by atoms with van der Waals surface area (Å²) in [5.41, 5.74) is 2.32. The second-order valence-electron chi connectivity index (χ2n) is 4.99. The largest absolute Gasteiger partial charge is 0.331 e. The number of para-hydroxylation sites is 2. The molecule has 4 heteroatoms. The van der Waals surface area contributed by atoms with Gasteiger partial charge in [-0.3, -0.25) is 0 Å². The molecular weight excluding hydrogens is 254 g/mol. The fourth-order valence-corrected chi connectivity index (χ4v) is 2.94. The van der Waals surface area contributed by atoms with Gasteiger partial charge in [-0.05, 0) is 38.3 Å². The highest BCUT2D eigenvalue weighted by molar-refractivity contribution is 7.98. The standard InChI is InChI=1S/C15H23N3S/c1-12(11-19-3)16-10-6-9-15-17-13-7-4-5-8-14(13)18(15)2/h4-5,7-8,12,16H,6,9-11H2,1-3H3/t12-/m0/s1. The van der Waals surface area contributed by atoms with Gasteiger partial charge in [-0.2, -0.15) is 11.8 Å². The fraction of sp³-hybridized carbons (Fsp3) is 0.533. The highest BCUT2D eigenvalue weighted by Gasteiger charge is 2.06. The van der Waals surface area contributed by atoms with E-state index in [1.807, 2.05) is 17.8 Å². The van der Waals surface area contributed by atoms with Gasteiger partial charge < -0.3 is 9.88 Å². The Balaban J connectivity index is 1.86. The van der Waals surface area contributed by atoms with Gasteiger partial charge in [0.2, 0.25) is 0 Å². The van der Waals surface area contributed by atoms with Gasteiger partial charge in [-0.1, -0.05) is 12.1 Å². The molecule has 1 atom stereocenters. The molecule has 2 aromatic rings. The quantitative estimate of drug-likeness (QED) is 0.789. The van der Waals surface area contributed by atoms with E-state index in [4.69, 9.17) is 4.98 Å². The lowest BCUT2D eigenvalue weighted by Crippen LogP contribution is -2.29. The third-order valence-corrected chi connectivity index (χ3v) is 4.20. The van der Waals surface area contributed by atoms with Crippen molar-refractivity contribution in [1.82, 2.24) is 14.9 Å². The predicted molar refractivity (Wildman–Crippen MR) is 84.9 cm³/mol. The molecule has 0 saturated carbocycles. The molecule has 1 N–H and O–H groups in total. The maximum absolute atomic E-state index is 4.70. The molecule has 0 aliphatic carbocycles. The van der Waals surface area contributed by atoms with E-state index in [1.54, 1.807) is 0 Å². The van der Waals surface area contributed by atoms with E-state index >= 15 is 0 Å². The van der Waals surface area contributed by atoms with Crippen LogP contribution in [0.5, 0.6) is 0 Å². The van der Waals surface area contributed by atoms with Crippen LogP contribution in [-0.4, -0.2) is 34.1 Å². The number of fused-ring (bicyclic) bond motifs is 1. The number of imidazole rings is 1. The summed E-state index contributed by atoms with van der Waals surface area (Å²) in [5.74, 6) is 2.35. The Hall–Kier alpha value is -1.00. The van der Waals surface area contributed by atoms with Gasteiger partial charge in [-0.15, -0.1) is 0 Å². The number of thioether (sulfide) groups is 1. The van der Waals surface area contributed by atoms with Gasteiger partial charge in [0.25, 0.3) is 0 Å². The Bertz CT molecular complexity index is 521. The minimum absolute atomic E-state index is 0.593. The third kappa shape index (κ3) is 3.74. The highest BCUT2D eigenvalue weighted by atomic mass is 32.2. The van der Waals surface area contributed by atoms with Crippen molar-refractivity contribution in [2.45, 2.75) is 25.8 Å². The van der Waals surface area contributed by atoms with Crippen molar-refractivity contribution in [1.29, 1.82) is 0 Å². The molecule has 0 fully saturated rings. The monoisotopic (exact) mass is 277 g/mol. The van der Waals surface area contributed by atoms with Crippen LogP contribution in [0, 0.1) is 0 Å². The molecule has 1 heterocycles. The molecule has 3 nitrogen and oxygen atoms in total. The minimum Gasteiger partial charge on any atom is -0.331 e. The van der Waals surface area contributed by atoms with E-state index in [0.29, 0.717) is 6.04 Å². The topological polar surface area (TPSA) is 29.9 Å². The summed E-state index contributed by atoms with van der Waals surface area (Å²) in [6, 6.07) is 8.92. The van der Waals surface area contributed by atoms with Crippen molar-refractivity contribution >= 4 is 22.8 Å². The SMILES string of the molecule is CSC[C@H](C)NCCCc1nc2ccccc2n1C. The lowest BCUT2D eigenvalue weighted by Gasteiger charge is -2.11. The molecule has 0 amide bonds. The van der Waals surface area contributed by atoms with Gasteiger partial charge >= 0.3 is 0 Å². The number of nitrogens with zero attached hydrogens (tertiary/aromatic N) is 2. The number of rotatable bonds is 7. The first-order valence-corrected chi connectivity index (χ1v) is 8.24. The Morgan fingerprint density at radius 3 is 2.89 bits per heavy atom. The molecule has 0 bridgehead atoms. The van der Waals surface area contributed by atoms with E-state index in [9.17, 15) is 0 Å². The van der Waals surface area contributed by atoms with Gasteiger partial charge in [0.1, 0.15) is 5.82 Å². The summed E-state index contributed by atoms with van der Waals surface area (Å²) in [6.45, 7) is 3.30. The summed E-state index contributed by atoms with van der Waals surface area (Å²) < 4.78 is 2.21. The molecule has 1 aromatic carbocycles.